The van der Waals surface area contributed by atoms with Crippen molar-refractivity contribution in [2.75, 3.05) is 13.2 Å². The van der Waals surface area contributed by atoms with Gasteiger partial charge in [-0.25, -0.2) is 0 Å². The summed E-state index contributed by atoms with van der Waals surface area (Å²) in [7, 11) is 0. The highest BCUT2D eigenvalue weighted by molar-refractivity contribution is 5.95. The van der Waals surface area contributed by atoms with Gasteiger partial charge >= 0.3 is 0 Å². The van der Waals surface area contributed by atoms with Crippen molar-refractivity contribution in [2.24, 2.45) is 5.73 Å². The van der Waals surface area contributed by atoms with Crippen molar-refractivity contribution in [3.8, 4) is 5.75 Å². The highest BCUT2D eigenvalue weighted by atomic mass is 16.5. The van der Waals surface area contributed by atoms with Crippen molar-refractivity contribution in [1.82, 2.24) is 5.32 Å². The standard InChI is InChI=1S/C13H16N2O4/c14-12(18)9-3-1-2-4-10(9)19-7-11(17)15-13(8-16)5-6-13/h1-4,16H,5-8H2,(H2,14,18)(H,15,17). The van der Waals surface area contributed by atoms with E-state index in [4.69, 9.17) is 15.6 Å². The first-order valence-electron chi connectivity index (χ1n) is 6.00. The molecule has 0 aromatic heterocycles. The van der Waals surface area contributed by atoms with E-state index in [2.05, 4.69) is 5.32 Å². The number of carbonyl (C=O) groups excluding carboxylic acids is 2. The summed E-state index contributed by atoms with van der Waals surface area (Å²) in [5, 5.41) is 11.8. The van der Waals surface area contributed by atoms with Crippen molar-refractivity contribution in [3.63, 3.8) is 0 Å². The molecule has 6 heteroatoms. The van der Waals surface area contributed by atoms with Crippen LogP contribution in [0.5, 0.6) is 5.75 Å². The molecule has 0 aliphatic heterocycles. The van der Waals surface area contributed by atoms with Gasteiger partial charge in [0.2, 0.25) is 0 Å². The van der Waals surface area contributed by atoms with Crippen molar-refractivity contribution in [3.05, 3.63) is 29.8 Å². The van der Waals surface area contributed by atoms with Gasteiger partial charge in [0.1, 0.15) is 5.75 Å². The summed E-state index contributed by atoms with van der Waals surface area (Å²) in [5.74, 6) is -0.658. The number of nitrogens with two attached hydrogens (primary N) is 1. The van der Waals surface area contributed by atoms with E-state index < -0.39 is 11.4 Å². The molecule has 1 aromatic rings. The van der Waals surface area contributed by atoms with E-state index >= 15 is 0 Å². The molecule has 0 bridgehead atoms. The Bertz CT molecular complexity index is 497. The second-order valence-corrected chi connectivity index (χ2v) is 4.64. The number of carbonyl (C=O) groups is 2. The molecule has 0 unspecified atom stereocenters. The lowest BCUT2D eigenvalue weighted by molar-refractivity contribution is -0.124. The van der Waals surface area contributed by atoms with Crippen LogP contribution in [0, 0.1) is 0 Å². The van der Waals surface area contributed by atoms with Crippen LogP contribution in [0.25, 0.3) is 0 Å². The third kappa shape index (κ3) is 3.23. The zero-order valence-corrected chi connectivity index (χ0v) is 10.4. The highest BCUT2D eigenvalue weighted by Gasteiger charge is 2.43. The number of nitrogens with one attached hydrogen (secondary N) is 1. The molecule has 1 aliphatic carbocycles. The fraction of sp³-hybridized carbons (Fsp3) is 0.385. The highest BCUT2D eigenvalue weighted by Crippen LogP contribution is 2.34. The van der Waals surface area contributed by atoms with Gasteiger partial charge < -0.3 is 20.9 Å². The maximum atomic E-state index is 11.6. The summed E-state index contributed by atoms with van der Waals surface area (Å²) < 4.78 is 5.28. The summed E-state index contributed by atoms with van der Waals surface area (Å²) in [5.41, 5.74) is 4.97. The van der Waals surface area contributed by atoms with E-state index in [1.54, 1.807) is 18.2 Å². The first kappa shape index (κ1) is 13.4. The molecule has 0 spiro atoms. The van der Waals surface area contributed by atoms with Gasteiger partial charge in [-0.2, -0.15) is 0 Å². The number of ether oxygens (including phenoxy) is 1. The Labute approximate surface area is 110 Å². The molecule has 0 heterocycles. The van der Waals surface area contributed by atoms with Crippen LogP contribution in [0.15, 0.2) is 24.3 Å². The lowest BCUT2D eigenvalue weighted by Crippen LogP contribution is -2.42. The van der Waals surface area contributed by atoms with Crippen molar-refractivity contribution < 1.29 is 19.4 Å². The minimum atomic E-state index is -0.606. The Morgan fingerprint density at radius 1 is 1.37 bits per heavy atom. The van der Waals surface area contributed by atoms with Gasteiger partial charge in [-0.3, -0.25) is 9.59 Å². The van der Waals surface area contributed by atoms with E-state index in [9.17, 15) is 9.59 Å². The molecule has 4 N–H and O–H groups in total. The van der Waals surface area contributed by atoms with Gasteiger partial charge in [-0.15, -0.1) is 0 Å². The number of rotatable bonds is 6. The molecule has 19 heavy (non-hydrogen) atoms. The number of benzene rings is 1. The molecule has 0 atom stereocenters. The number of amides is 2. The summed E-state index contributed by atoms with van der Waals surface area (Å²) in [6.45, 7) is -0.289. The van der Waals surface area contributed by atoms with E-state index in [0.717, 1.165) is 12.8 Å². The minimum Gasteiger partial charge on any atom is -0.483 e. The molecule has 2 rings (SSSR count). The molecule has 102 valence electrons. The maximum Gasteiger partial charge on any atom is 0.258 e. The van der Waals surface area contributed by atoms with Gasteiger partial charge in [0.15, 0.2) is 6.61 Å². The molecule has 6 nitrogen and oxygen atoms in total. The number of para-hydroxylation sites is 1. The van der Waals surface area contributed by atoms with E-state index in [-0.39, 0.29) is 30.4 Å². The minimum absolute atomic E-state index is 0.0728. The van der Waals surface area contributed by atoms with Crippen molar-refractivity contribution in [1.29, 1.82) is 0 Å². The smallest absolute Gasteiger partial charge is 0.258 e. The van der Waals surface area contributed by atoms with Gasteiger partial charge in [0.05, 0.1) is 17.7 Å². The Kier molecular flexibility index (Phi) is 3.71. The molecule has 1 fully saturated rings. The first-order chi connectivity index (χ1) is 9.06. The van der Waals surface area contributed by atoms with Crippen molar-refractivity contribution in [2.45, 2.75) is 18.4 Å². The number of aliphatic hydroxyl groups excluding tert-OH is 1. The lowest BCUT2D eigenvalue weighted by Gasteiger charge is -2.15. The third-order valence-electron chi connectivity index (χ3n) is 3.07. The number of primary amides is 1. The second-order valence-electron chi connectivity index (χ2n) is 4.64. The van der Waals surface area contributed by atoms with Gasteiger partial charge in [0.25, 0.3) is 11.8 Å². The van der Waals surface area contributed by atoms with Crippen LogP contribution < -0.4 is 15.8 Å². The van der Waals surface area contributed by atoms with Crippen LogP contribution >= 0.6 is 0 Å². The first-order valence-corrected chi connectivity index (χ1v) is 6.00. The normalized spacial score (nSPS) is 15.6. The average Bonchev–Trinajstić information content (AvgIpc) is 3.17. The van der Waals surface area contributed by atoms with Gasteiger partial charge in [-0.1, -0.05) is 12.1 Å². The fourth-order valence-electron chi connectivity index (χ4n) is 1.74. The Morgan fingerprint density at radius 2 is 2.05 bits per heavy atom. The Hall–Kier alpha value is -2.08. The zero-order valence-electron chi connectivity index (χ0n) is 10.4. The van der Waals surface area contributed by atoms with Gasteiger partial charge in [0, 0.05) is 0 Å². The summed E-state index contributed by atoms with van der Waals surface area (Å²) >= 11 is 0. The number of hydrogen-bond donors (Lipinski definition) is 3. The summed E-state index contributed by atoms with van der Waals surface area (Å²) in [4.78, 5) is 22.8. The molecular weight excluding hydrogens is 248 g/mol. The van der Waals surface area contributed by atoms with Crippen LogP contribution in [0.3, 0.4) is 0 Å². The molecule has 2 amide bonds. The Morgan fingerprint density at radius 3 is 2.63 bits per heavy atom. The van der Waals surface area contributed by atoms with Crippen LogP contribution in [0.1, 0.15) is 23.2 Å². The third-order valence-corrected chi connectivity index (χ3v) is 3.07. The SMILES string of the molecule is NC(=O)c1ccccc1OCC(=O)NC1(CO)CC1. The maximum absolute atomic E-state index is 11.6. The topological polar surface area (TPSA) is 102 Å². The second kappa shape index (κ2) is 5.27. The summed E-state index contributed by atoms with van der Waals surface area (Å²) in [6, 6.07) is 6.46. The fourth-order valence-corrected chi connectivity index (χ4v) is 1.74. The number of aliphatic hydroxyl groups is 1. The van der Waals surface area contributed by atoms with Crippen LogP contribution in [0.2, 0.25) is 0 Å². The van der Waals surface area contributed by atoms with Crippen LogP contribution in [-0.4, -0.2) is 35.7 Å². The molecule has 1 saturated carbocycles. The number of hydrogen-bond acceptors (Lipinski definition) is 4. The molecule has 1 aliphatic rings. The van der Waals surface area contributed by atoms with Gasteiger partial charge in [-0.05, 0) is 25.0 Å². The average molecular weight is 264 g/mol. The largest absolute Gasteiger partial charge is 0.483 e. The molecular formula is C13H16N2O4. The van der Waals surface area contributed by atoms with Crippen LogP contribution in [0.4, 0.5) is 0 Å². The Balaban J connectivity index is 1.92. The van der Waals surface area contributed by atoms with E-state index in [1.807, 2.05) is 0 Å². The van der Waals surface area contributed by atoms with E-state index in [1.165, 1.54) is 6.07 Å². The molecule has 1 aromatic carbocycles. The molecule has 0 radical (unpaired) electrons. The zero-order chi connectivity index (χ0) is 13.9. The monoisotopic (exact) mass is 264 g/mol. The lowest BCUT2D eigenvalue weighted by atomic mass is 10.2. The predicted molar refractivity (Wildman–Crippen MR) is 67.6 cm³/mol. The quantitative estimate of drug-likeness (QED) is 0.662. The predicted octanol–water partition coefficient (Wildman–Crippen LogP) is -0.195. The van der Waals surface area contributed by atoms with Crippen molar-refractivity contribution >= 4 is 11.8 Å². The summed E-state index contributed by atoms with van der Waals surface area (Å²) in [6.07, 6.45) is 1.54. The van der Waals surface area contributed by atoms with E-state index in [0.29, 0.717) is 0 Å². The molecule has 0 saturated heterocycles. The van der Waals surface area contributed by atoms with Crippen LogP contribution in [-0.2, 0) is 4.79 Å².